The van der Waals surface area contributed by atoms with Gasteiger partial charge in [-0.05, 0) is 19.3 Å². The van der Waals surface area contributed by atoms with Gasteiger partial charge in [-0.15, -0.1) is 0 Å². The molecule has 0 radical (unpaired) electrons. The highest BCUT2D eigenvalue weighted by atomic mass is 32.1. The molecule has 3 nitrogen and oxygen atoms in total. The zero-order valence-electron chi connectivity index (χ0n) is 10.3. The second-order valence-electron chi connectivity index (χ2n) is 4.30. The molecule has 15 heavy (non-hydrogen) atoms. The summed E-state index contributed by atoms with van der Waals surface area (Å²) in [6.07, 6.45) is 0.670. The summed E-state index contributed by atoms with van der Waals surface area (Å²) in [5.41, 5.74) is 5.55. The van der Waals surface area contributed by atoms with Crippen LogP contribution in [0.15, 0.2) is 0 Å². The maximum Gasteiger partial charge on any atom is 0.232 e. The molecule has 4 heteroatoms. The molecule has 0 saturated heterocycles. The Morgan fingerprint density at radius 2 is 1.87 bits per heavy atom. The first kappa shape index (κ1) is 14.4. The van der Waals surface area contributed by atoms with Crippen LogP contribution in [0.25, 0.3) is 0 Å². The van der Waals surface area contributed by atoms with Gasteiger partial charge in [0.25, 0.3) is 0 Å². The molecule has 88 valence electrons. The smallest absolute Gasteiger partial charge is 0.232 e. The van der Waals surface area contributed by atoms with Crippen LogP contribution in [0.3, 0.4) is 0 Å². The molecule has 0 aromatic heterocycles. The van der Waals surface area contributed by atoms with Crippen molar-refractivity contribution in [1.29, 1.82) is 0 Å². The molecule has 0 aliphatic heterocycles. The molecule has 0 aromatic rings. The molecule has 0 rings (SSSR count). The quantitative estimate of drug-likeness (QED) is 0.733. The van der Waals surface area contributed by atoms with Crippen molar-refractivity contribution >= 4 is 23.1 Å². The van der Waals surface area contributed by atoms with E-state index in [1.807, 2.05) is 20.9 Å². The van der Waals surface area contributed by atoms with Crippen LogP contribution in [0, 0.1) is 11.8 Å². The molecular weight excluding hydrogens is 208 g/mol. The standard InChI is InChI=1S/C11H22N2OS/c1-6-9(10(12)15)11(14)13(5)8(4)7(2)3/h7-9H,6H2,1-5H3,(H2,12,15). The Bertz CT molecular complexity index is 241. The maximum atomic E-state index is 12.0. The van der Waals surface area contributed by atoms with Crippen LogP contribution >= 0.6 is 12.2 Å². The van der Waals surface area contributed by atoms with Crippen molar-refractivity contribution in [3.8, 4) is 0 Å². The molecule has 0 spiro atoms. The van der Waals surface area contributed by atoms with E-state index in [1.165, 1.54) is 0 Å². The van der Waals surface area contributed by atoms with E-state index >= 15 is 0 Å². The number of rotatable bonds is 5. The molecule has 0 aromatic carbocycles. The molecular formula is C11H22N2OS. The first-order valence-corrected chi connectivity index (χ1v) is 5.79. The van der Waals surface area contributed by atoms with Crippen molar-refractivity contribution in [3.63, 3.8) is 0 Å². The Labute approximate surface area is 98.0 Å². The fraction of sp³-hybridized carbons (Fsp3) is 0.818. The highest BCUT2D eigenvalue weighted by Gasteiger charge is 2.26. The summed E-state index contributed by atoms with van der Waals surface area (Å²) in [6, 6.07) is 0.209. The fourth-order valence-corrected chi connectivity index (χ4v) is 1.66. The third-order valence-corrected chi connectivity index (χ3v) is 3.26. The molecule has 2 N–H and O–H groups in total. The second-order valence-corrected chi connectivity index (χ2v) is 4.77. The molecule has 0 heterocycles. The van der Waals surface area contributed by atoms with E-state index in [0.29, 0.717) is 17.3 Å². The number of carbonyl (C=O) groups excluding carboxylic acids is 1. The Hall–Kier alpha value is -0.640. The lowest BCUT2D eigenvalue weighted by Gasteiger charge is -2.30. The van der Waals surface area contributed by atoms with Crippen molar-refractivity contribution in [2.75, 3.05) is 7.05 Å². The summed E-state index contributed by atoms with van der Waals surface area (Å²) in [7, 11) is 1.81. The lowest BCUT2D eigenvalue weighted by atomic mass is 10.0. The molecule has 0 fully saturated rings. The molecule has 0 aliphatic carbocycles. The van der Waals surface area contributed by atoms with Gasteiger partial charge in [-0.3, -0.25) is 4.79 Å². The van der Waals surface area contributed by atoms with Crippen LogP contribution in [0.2, 0.25) is 0 Å². The predicted octanol–water partition coefficient (Wildman–Crippen LogP) is 1.80. The summed E-state index contributed by atoms with van der Waals surface area (Å²) in [6.45, 7) is 8.15. The van der Waals surface area contributed by atoms with E-state index in [2.05, 4.69) is 13.8 Å². The minimum absolute atomic E-state index is 0.0335. The normalized spacial score (nSPS) is 14.8. The van der Waals surface area contributed by atoms with E-state index < -0.39 is 0 Å². The zero-order chi connectivity index (χ0) is 12.2. The van der Waals surface area contributed by atoms with Crippen molar-refractivity contribution < 1.29 is 4.79 Å². The number of nitrogens with zero attached hydrogens (tertiary/aromatic N) is 1. The van der Waals surface area contributed by atoms with Crippen molar-refractivity contribution in [2.45, 2.75) is 40.2 Å². The Kier molecular flexibility index (Phi) is 5.80. The minimum Gasteiger partial charge on any atom is -0.393 e. The van der Waals surface area contributed by atoms with E-state index in [0.717, 1.165) is 0 Å². The van der Waals surface area contributed by atoms with Gasteiger partial charge in [0.05, 0.1) is 10.9 Å². The highest BCUT2D eigenvalue weighted by molar-refractivity contribution is 7.80. The van der Waals surface area contributed by atoms with E-state index in [4.69, 9.17) is 18.0 Å². The van der Waals surface area contributed by atoms with Crippen molar-refractivity contribution in [1.82, 2.24) is 4.90 Å². The van der Waals surface area contributed by atoms with E-state index in [1.54, 1.807) is 4.90 Å². The molecule has 0 saturated carbocycles. The fourth-order valence-electron chi connectivity index (χ4n) is 1.39. The summed E-state index contributed by atoms with van der Waals surface area (Å²) in [4.78, 5) is 14.1. The number of amides is 1. The van der Waals surface area contributed by atoms with Gasteiger partial charge in [-0.25, -0.2) is 0 Å². The van der Waals surface area contributed by atoms with Gasteiger partial charge in [0.15, 0.2) is 0 Å². The second kappa shape index (κ2) is 6.05. The maximum absolute atomic E-state index is 12.0. The lowest BCUT2D eigenvalue weighted by molar-refractivity contribution is -0.134. The Morgan fingerprint density at radius 1 is 1.40 bits per heavy atom. The average Bonchev–Trinajstić information content (AvgIpc) is 2.15. The first-order valence-electron chi connectivity index (χ1n) is 5.38. The summed E-state index contributed by atoms with van der Waals surface area (Å²) < 4.78 is 0. The number of nitrogens with two attached hydrogens (primary N) is 1. The third-order valence-electron chi connectivity index (χ3n) is 2.97. The largest absolute Gasteiger partial charge is 0.393 e. The summed E-state index contributed by atoms with van der Waals surface area (Å²) in [5.74, 6) is 0.153. The number of carbonyl (C=O) groups is 1. The average molecular weight is 230 g/mol. The van der Waals surface area contributed by atoms with Crippen LogP contribution in [0.4, 0.5) is 0 Å². The van der Waals surface area contributed by atoms with Crippen LogP contribution in [-0.2, 0) is 4.79 Å². The van der Waals surface area contributed by atoms with Gasteiger partial charge in [-0.2, -0.15) is 0 Å². The van der Waals surface area contributed by atoms with Gasteiger partial charge >= 0.3 is 0 Å². The van der Waals surface area contributed by atoms with Gasteiger partial charge in [0.2, 0.25) is 5.91 Å². The van der Waals surface area contributed by atoms with Gasteiger partial charge < -0.3 is 10.6 Å². The topological polar surface area (TPSA) is 46.3 Å². The third kappa shape index (κ3) is 3.78. The van der Waals surface area contributed by atoms with Crippen molar-refractivity contribution in [2.24, 2.45) is 17.6 Å². The predicted molar refractivity (Wildman–Crippen MR) is 67.6 cm³/mol. The van der Waals surface area contributed by atoms with E-state index in [9.17, 15) is 4.79 Å². The van der Waals surface area contributed by atoms with Crippen LogP contribution in [0.1, 0.15) is 34.1 Å². The summed E-state index contributed by atoms with van der Waals surface area (Å²) in [5, 5.41) is 0. The number of thiocarbonyl (C=S) groups is 1. The molecule has 2 atom stereocenters. The number of hydrogen-bond acceptors (Lipinski definition) is 2. The van der Waals surface area contributed by atoms with Crippen LogP contribution in [-0.4, -0.2) is 28.9 Å². The Morgan fingerprint density at radius 3 is 2.13 bits per heavy atom. The minimum atomic E-state index is -0.314. The van der Waals surface area contributed by atoms with Crippen LogP contribution in [0.5, 0.6) is 0 Å². The van der Waals surface area contributed by atoms with E-state index in [-0.39, 0.29) is 17.9 Å². The zero-order valence-corrected chi connectivity index (χ0v) is 11.1. The Balaban J connectivity index is 4.62. The molecule has 1 amide bonds. The van der Waals surface area contributed by atoms with Gasteiger partial charge in [0, 0.05) is 13.1 Å². The molecule has 2 unspecified atom stereocenters. The lowest BCUT2D eigenvalue weighted by Crippen LogP contribution is -2.44. The summed E-state index contributed by atoms with van der Waals surface area (Å²) >= 11 is 4.89. The first-order chi connectivity index (χ1) is 6.82. The van der Waals surface area contributed by atoms with Crippen molar-refractivity contribution in [3.05, 3.63) is 0 Å². The van der Waals surface area contributed by atoms with Gasteiger partial charge in [0.1, 0.15) is 0 Å². The number of hydrogen-bond donors (Lipinski definition) is 1. The molecule has 0 bridgehead atoms. The monoisotopic (exact) mass is 230 g/mol. The SMILES string of the molecule is CCC(C(=O)N(C)C(C)C(C)C)C(N)=S. The van der Waals surface area contributed by atoms with Gasteiger partial charge in [-0.1, -0.05) is 33.0 Å². The highest BCUT2D eigenvalue weighted by Crippen LogP contribution is 2.14. The molecule has 0 aliphatic rings. The van der Waals surface area contributed by atoms with Crippen LogP contribution < -0.4 is 5.73 Å².